The fraction of sp³-hybridized carbons (Fsp3) is 0.927. The molecule has 0 spiro atoms. The number of esters is 1. The molecule has 0 aromatic carbocycles. The largest absolute Gasteiger partial charge is 0.457 e. The quantitative estimate of drug-likeness (QED) is 0.0416. The first-order chi connectivity index (χ1) is 22.2. The lowest BCUT2D eigenvalue weighted by atomic mass is 10.0. The first kappa shape index (κ1) is 44.1. The predicted molar refractivity (Wildman–Crippen MR) is 196 cm³/mol. The molecule has 4 heteroatoms. The number of unbranched alkanes of at least 4 members (excludes halogenated alkanes) is 28. The highest BCUT2D eigenvalue weighted by Crippen LogP contribution is 2.15. The topological polar surface area (TPSA) is 55.8 Å². The Hall–Kier alpha value is -0.870. The van der Waals surface area contributed by atoms with Crippen LogP contribution in [0, 0.1) is 0 Å². The normalized spacial score (nSPS) is 12.3. The van der Waals surface area contributed by atoms with E-state index in [0.717, 1.165) is 19.3 Å². The van der Waals surface area contributed by atoms with Gasteiger partial charge in [0.05, 0.1) is 13.2 Å². The maximum Gasteiger partial charge on any atom is 0.306 e. The summed E-state index contributed by atoms with van der Waals surface area (Å²) < 4.78 is 11.1. The number of rotatable bonds is 38. The molecule has 0 aliphatic carbocycles. The maximum atomic E-state index is 12.2. The molecular weight excluding hydrogens is 556 g/mol. The zero-order valence-corrected chi connectivity index (χ0v) is 30.7. The van der Waals surface area contributed by atoms with E-state index >= 15 is 0 Å². The van der Waals surface area contributed by atoms with Crippen LogP contribution in [0.1, 0.15) is 219 Å². The van der Waals surface area contributed by atoms with Crippen LogP contribution in [-0.2, 0) is 14.3 Å². The van der Waals surface area contributed by atoms with Gasteiger partial charge in [-0.15, -0.1) is 0 Å². The van der Waals surface area contributed by atoms with Gasteiger partial charge in [-0.1, -0.05) is 187 Å². The van der Waals surface area contributed by atoms with Gasteiger partial charge in [-0.2, -0.15) is 0 Å². The molecule has 4 nitrogen and oxygen atoms in total. The van der Waals surface area contributed by atoms with Gasteiger partial charge in [-0.25, -0.2) is 0 Å². The van der Waals surface area contributed by atoms with E-state index in [1.807, 2.05) is 0 Å². The molecule has 0 radical (unpaired) electrons. The van der Waals surface area contributed by atoms with Gasteiger partial charge < -0.3 is 14.6 Å². The van der Waals surface area contributed by atoms with Gasteiger partial charge in [-0.3, -0.25) is 4.79 Å². The van der Waals surface area contributed by atoms with Crippen molar-refractivity contribution in [3.63, 3.8) is 0 Å². The zero-order chi connectivity index (χ0) is 32.7. The van der Waals surface area contributed by atoms with E-state index in [1.165, 1.54) is 180 Å². The highest BCUT2D eigenvalue weighted by atomic mass is 16.6. The average Bonchev–Trinajstić information content (AvgIpc) is 3.05. The van der Waals surface area contributed by atoms with Gasteiger partial charge in [0.2, 0.25) is 0 Å². The molecule has 0 heterocycles. The van der Waals surface area contributed by atoms with Crippen molar-refractivity contribution in [2.24, 2.45) is 0 Å². The SMILES string of the molecule is CCCCCCCC/C=C\CCCCCCCCCC(=O)OC(CO)COCCCCCCCCCCCCCCCCCC. The van der Waals surface area contributed by atoms with Crippen LogP contribution < -0.4 is 0 Å². The highest BCUT2D eigenvalue weighted by molar-refractivity contribution is 5.69. The molecule has 1 N–H and O–H groups in total. The standard InChI is InChI=1S/C41H80O4/c1-3-5-7-9-11-13-15-17-19-21-22-24-26-28-30-32-34-36-41(43)45-40(38-42)39-44-37-35-33-31-29-27-25-23-20-18-16-14-12-10-8-6-4-2/h17,19,40,42H,3-16,18,20-39H2,1-2H3/b19-17-. The number of aliphatic hydroxyl groups excluding tert-OH is 1. The number of hydrogen-bond acceptors (Lipinski definition) is 4. The Morgan fingerprint density at radius 3 is 1.27 bits per heavy atom. The van der Waals surface area contributed by atoms with Gasteiger partial charge in [-0.05, 0) is 38.5 Å². The Morgan fingerprint density at radius 2 is 0.867 bits per heavy atom. The number of hydrogen-bond donors (Lipinski definition) is 1. The Balaban J connectivity index is 3.40. The van der Waals surface area contributed by atoms with Gasteiger partial charge in [0.25, 0.3) is 0 Å². The minimum absolute atomic E-state index is 0.168. The molecule has 1 unspecified atom stereocenters. The first-order valence-electron chi connectivity index (χ1n) is 20.3. The van der Waals surface area contributed by atoms with E-state index in [1.54, 1.807) is 0 Å². The van der Waals surface area contributed by atoms with Gasteiger partial charge in [0.15, 0.2) is 0 Å². The lowest BCUT2D eigenvalue weighted by Crippen LogP contribution is -2.27. The van der Waals surface area contributed by atoms with Crippen molar-refractivity contribution in [3.8, 4) is 0 Å². The number of carbonyl (C=O) groups is 1. The van der Waals surface area contributed by atoms with Crippen molar-refractivity contribution in [2.45, 2.75) is 225 Å². The van der Waals surface area contributed by atoms with E-state index < -0.39 is 6.10 Å². The third-order valence-corrected chi connectivity index (χ3v) is 9.09. The summed E-state index contributed by atoms with van der Waals surface area (Å²) in [7, 11) is 0. The highest BCUT2D eigenvalue weighted by Gasteiger charge is 2.13. The second kappa shape index (κ2) is 39.3. The number of aliphatic hydroxyl groups is 1. The van der Waals surface area contributed by atoms with E-state index in [4.69, 9.17) is 9.47 Å². The van der Waals surface area contributed by atoms with Crippen LogP contribution in [0.2, 0.25) is 0 Å². The van der Waals surface area contributed by atoms with E-state index in [2.05, 4.69) is 26.0 Å². The average molecular weight is 637 g/mol. The van der Waals surface area contributed by atoms with Crippen LogP contribution in [0.3, 0.4) is 0 Å². The number of carbonyl (C=O) groups excluding carboxylic acids is 1. The van der Waals surface area contributed by atoms with Crippen molar-refractivity contribution in [3.05, 3.63) is 12.2 Å². The molecule has 0 bridgehead atoms. The summed E-state index contributed by atoms with van der Waals surface area (Å²) in [6.45, 7) is 5.37. The van der Waals surface area contributed by atoms with E-state index in [-0.39, 0.29) is 12.6 Å². The number of allylic oxidation sites excluding steroid dienone is 2. The summed E-state index contributed by atoms with van der Waals surface area (Å²) in [4.78, 5) is 12.2. The summed E-state index contributed by atoms with van der Waals surface area (Å²) in [5.74, 6) is -0.201. The van der Waals surface area contributed by atoms with Crippen molar-refractivity contribution < 1.29 is 19.4 Å². The summed E-state index contributed by atoms with van der Waals surface area (Å²) in [5, 5.41) is 9.58. The molecule has 0 aromatic rings. The Morgan fingerprint density at radius 1 is 0.511 bits per heavy atom. The summed E-state index contributed by atoms with van der Waals surface area (Å²) in [6, 6.07) is 0. The molecule has 0 saturated carbocycles. The summed E-state index contributed by atoms with van der Waals surface area (Å²) in [6.07, 6.45) is 45.4. The molecule has 0 aromatic heterocycles. The molecule has 0 saturated heterocycles. The summed E-state index contributed by atoms with van der Waals surface area (Å²) >= 11 is 0. The Bertz CT molecular complexity index is 590. The maximum absolute atomic E-state index is 12.2. The molecule has 268 valence electrons. The van der Waals surface area contributed by atoms with E-state index in [0.29, 0.717) is 19.6 Å². The fourth-order valence-electron chi connectivity index (χ4n) is 6.03. The van der Waals surface area contributed by atoms with Crippen LogP contribution in [-0.4, -0.2) is 37.0 Å². The van der Waals surface area contributed by atoms with Gasteiger partial charge >= 0.3 is 5.97 Å². The van der Waals surface area contributed by atoms with Gasteiger partial charge in [0, 0.05) is 13.0 Å². The molecular formula is C41H80O4. The molecule has 1 atom stereocenters. The van der Waals surface area contributed by atoms with E-state index in [9.17, 15) is 9.90 Å². The zero-order valence-electron chi connectivity index (χ0n) is 30.7. The first-order valence-corrected chi connectivity index (χ1v) is 20.3. The molecule has 0 amide bonds. The summed E-state index contributed by atoms with van der Waals surface area (Å²) in [5.41, 5.74) is 0. The molecule has 0 rings (SSSR count). The monoisotopic (exact) mass is 637 g/mol. The predicted octanol–water partition coefficient (Wildman–Crippen LogP) is 13.0. The fourth-order valence-corrected chi connectivity index (χ4v) is 6.03. The van der Waals surface area contributed by atoms with Crippen LogP contribution in [0.4, 0.5) is 0 Å². The van der Waals surface area contributed by atoms with Crippen LogP contribution in [0.25, 0.3) is 0 Å². The Labute approximate surface area is 282 Å². The van der Waals surface area contributed by atoms with Gasteiger partial charge in [0.1, 0.15) is 6.10 Å². The van der Waals surface area contributed by atoms with Crippen LogP contribution in [0.15, 0.2) is 12.2 Å². The third kappa shape index (κ3) is 37.5. The van der Waals surface area contributed by atoms with Crippen molar-refractivity contribution in [1.29, 1.82) is 0 Å². The Kier molecular flexibility index (Phi) is 38.5. The minimum atomic E-state index is -0.529. The lowest BCUT2D eigenvalue weighted by molar-refractivity contribution is -0.154. The molecule has 0 aliphatic rings. The van der Waals surface area contributed by atoms with Crippen LogP contribution in [0.5, 0.6) is 0 Å². The second-order valence-corrected chi connectivity index (χ2v) is 13.7. The van der Waals surface area contributed by atoms with Crippen molar-refractivity contribution in [1.82, 2.24) is 0 Å². The van der Waals surface area contributed by atoms with Crippen molar-refractivity contribution in [2.75, 3.05) is 19.8 Å². The van der Waals surface area contributed by atoms with Crippen molar-refractivity contribution >= 4 is 5.97 Å². The lowest BCUT2D eigenvalue weighted by Gasteiger charge is -2.16. The molecule has 45 heavy (non-hydrogen) atoms. The van der Waals surface area contributed by atoms with Crippen LogP contribution >= 0.6 is 0 Å². The third-order valence-electron chi connectivity index (χ3n) is 9.09. The number of ether oxygens (including phenoxy) is 2. The minimum Gasteiger partial charge on any atom is -0.457 e. The smallest absolute Gasteiger partial charge is 0.306 e. The second-order valence-electron chi connectivity index (χ2n) is 13.7. The molecule has 0 aliphatic heterocycles. The molecule has 0 fully saturated rings.